The summed E-state index contributed by atoms with van der Waals surface area (Å²) in [5.41, 5.74) is 1.46. The van der Waals surface area contributed by atoms with Gasteiger partial charge in [-0.1, -0.05) is 30.3 Å². The van der Waals surface area contributed by atoms with Gasteiger partial charge in [0.2, 0.25) is 12.7 Å². The summed E-state index contributed by atoms with van der Waals surface area (Å²) in [6.07, 6.45) is -0.157. The zero-order valence-corrected chi connectivity index (χ0v) is 15.6. The van der Waals surface area contributed by atoms with Crippen molar-refractivity contribution in [2.45, 2.75) is 19.1 Å². The number of nitrogens with one attached hydrogen (secondary N) is 1. The standard InChI is InChI=1S/C21H22N2O5/c1-14(22-20(24)16-7-8-17-18(11-16)28-13-27-17)21(25)23-9-10-26-19(12-23)15-5-3-2-4-6-15/h2-8,11,14,19H,9-10,12-13H2,1H3,(H,22,24)/t14-,19?/m0/s1. The number of nitrogens with zero attached hydrogens (tertiary/aromatic N) is 1. The van der Waals surface area contributed by atoms with Crippen molar-refractivity contribution in [3.8, 4) is 11.5 Å². The molecule has 0 aliphatic carbocycles. The molecule has 146 valence electrons. The minimum Gasteiger partial charge on any atom is -0.454 e. The fraction of sp³-hybridized carbons (Fsp3) is 0.333. The van der Waals surface area contributed by atoms with Crippen LogP contribution < -0.4 is 14.8 Å². The Kier molecular flexibility index (Phi) is 5.16. The Labute approximate surface area is 163 Å². The summed E-state index contributed by atoms with van der Waals surface area (Å²) in [4.78, 5) is 27.1. The van der Waals surface area contributed by atoms with Gasteiger partial charge in [-0.05, 0) is 30.7 Å². The highest BCUT2D eigenvalue weighted by molar-refractivity contribution is 5.98. The van der Waals surface area contributed by atoms with Crippen molar-refractivity contribution in [2.24, 2.45) is 0 Å². The van der Waals surface area contributed by atoms with Gasteiger partial charge in [0.05, 0.1) is 13.2 Å². The van der Waals surface area contributed by atoms with Crippen LogP contribution in [0.3, 0.4) is 0 Å². The largest absolute Gasteiger partial charge is 0.454 e. The van der Waals surface area contributed by atoms with Gasteiger partial charge < -0.3 is 24.4 Å². The third-order valence-electron chi connectivity index (χ3n) is 4.90. The van der Waals surface area contributed by atoms with E-state index in [0.29, 0.717) is 36.8 Å². The average molecular weight is 382 g/mol. The monoisotopic (exact) mass is 382 g/mol. The third kappa shape index (κ3) is 3.80. The fourth-order valence-electron chi connectivity index (χ4n) is 3.37. The van der Waals surface area contributed by atoms with Crippen LogP contribution in [0, 0.1) is 0 Å². The highest BCUT2D eigenvalue weighted by Gasteiger charge is 2.29. The molecule has 2 amide bonds. The topological polar surface area (TPSA) is 77.1 Å². The van der Waals surface area contributed by atoms with Crippen molar-refractivity contribution in [3.63, 3.8) is 0 Å². The van der Waals surface area contributed by atoms with Gasteiger partial charge in [-0.15, -0.1) is 0 Å². The molecule has 1 unspecified atom stereocenters. The molecule has 0 radical (unpaired) electrons. The van der Waals surface area contributed by atoms with E-state index in [-0.39, 0.29) is 24.7 Å². The molecule has 2 heterocycles. The van der Waals surface area contributed by atoms with Crippen LogP contribution in [0.15, 0.2) is 48.5 Å². The highest BCUT2D eigenvalue weighted by atomic mass is 16.7. The number of fused-ring (bicyclic) bond motifs is 1. The molecule has 1 saturated heterocycles. The Balaban J connectivity index is 1.38. The van der Waals surface area contributed by atoms with Gasteiger partial charge in [0.15, 0.2) is 11.5 Å². The summed E-state index contributed by atoms with van der Waals surface area (Å²) in [6, 6.07) is 14.1. The minimum atomic E-state index is -0.646. The van der Waals surface area contributed by atoms with Gasteiger partial charge in [-0.2, -0.15) is 0 Å². The molecular formula is C21H22N2O5. The van der Waals surface area contributed by atoms with E-state index in [4.69, 9.17) is 14.2 Å². The maximum atomic E-state index is 12.8. The molecule has 1 fully saturated rings. The Morgan fingerprint density at radius 2 is 1.89 bits per heavy atom. The summed E-state index contributed by atoms with van der Waals surface area (Å²) in [5, 5.41) is 2.77. The quantitative estimate of drug-likeness (QED) is 0.877. The molecule has 28 heavy (non-hydrogen) atoms. The number of rotatable bonds is 4. The lowest BCUT2D eigenvalue weighted by Gasteiger charge is -2.34. The molecule has 2 atom stereocenters. The van der Waals surface area contributed by atoms with E-state index < -0.39 is 6.04 Å². The van der Waals surface area contributed by atoms with Crippen molar-refractivity contribution in [2.75, 3.05) is 26.5 Å². The molecule has 2 aromatic carbocycles. The number of morpholine rings is 1. The Morgan fingerprint density at radius 1 is 1.11 bits per heavy atom. The van der Waals surface area contributed by atoms with E-state index >= 15 is 0 Å². The maximum Gasteiger partial charge on any atom is 0.252 e. The molecule has 2 aliphatic rings. The predicted octanol–water partition coefficient (Wildman–Crippen LogP) is 2.13. The van der Waals surface area contributed by atoms with Crippen LogP contribution in [0.5, 0.6) is 11.5 Å². The average Bonchev–Trinajstić information content (AvgIpc) is 3.21. The number of hydrogen-bond donors (Lipinski definition) is 1. The van der Waals surface area contributed by atoms with Crippen molar-refractivity contribution in [1.29, 1.82) is 0 Å². The molecule has 0 spiro atoms. The van der Waals surface area contributed by atoms with Crippen LogP contribution in [0.25, 0.3) is 0 Å². The second-order valence-electron chi connectivity index (χ2n) is 6.82. The zero-order valence-electron chi connectivity index (χ0n) is 15.6. The summed E-state index contributed by atoms with van der Waals surface area (Å²) < 4.78 is 16.4. The first kappa shape index (κ1) is 18.3. The van der Waals surface area contributed by atoms with Crippen molar-refractivity contribution >= 4 is 11.8 Å². The third-order valence-corrected chi connectivity index (χ3v) is 4.90. The van der Waals surface area contributed by atoms with E-state index in [9.17, 15) is 9.59 Å². The molecule has 4 rings (SSSR count). The van der Waals surface area contributed by atoms with E-state index in [1.165, 1.54) is 0 Å². The Morgan fingerprint density at radius 3 is 2.71 bits per heavy atom. The lowest BCUT2D eigenvalue weighted by Crippen LogP contribution is -2.51. The van der Waals surface area contributed by atoms with Gasteiger partial charge in [-0.25, -0.2) is 0 Å². The number of amides is 2. The number of ether oxygens (including phenoxy) is 3. The van der Waals surface area contributed by atoms with Crippen LogP contribution in [-0.4, -0.2) is 49.2 Å². The van der Waals surface area contributed by atoms with Crippen LogP contribution in [0.2, 0.25) is 0 Å². The van der Waals surface area contributed by atoms with Gasteiger partial charge in [0.25, 0.3) is 5.91 Å². The maximum absolute atomic E-state index is 12.8. The summed E-state index contributed by atoms with van der Waals surface area (Å²) in [6.45, 7) is 3.28. The molecule has 0 saturated carbocycles. The van der Waals surface area contributed by atoms with Crippen LogP contribution in [0.4, 0.5) is 0 Å². The van der Waals surface area contributed by atoms with E-state index in [0.717, 1.165) is 5.56 Å². The number of carbonyl (C=O) groups excluding carboxylic acids is 2. The SMILES string of the molecule is C[C@H](NC(=O)c1ccc2c(c1)OCO2)C(=O)N1CCOC(c2ccccc2)C1. The van der Waals surface area contributed by atoms with Crippen molar-refractivity contribution in [1.82, 2.24) is 10.2 Å². The molecule has 0 aromatic heterocycles. The van der Waals surface area contributed by atoms with E-state index in [2.05, 4.69) is 5.32 Å². The normalized spacial score (nSPS) is 19.2. The van der Waals surface area contributed by atoms with Gasteiger partial charge >= 0.3 is 0 Å². The van der Waals surface area contributed by atoms with Crippen LogP contribution in [-0.2, 0) is 9.53 Å². The lowest BCUT2D eigenvalue weighted by atomic mass is 10.1. The van der Waals surface area contributed by atoms with Gasteiger partial charge in [-0.3, -0.25) is 9.59 Å². The van der Waals surface area contributed by atoms with Gasteiger partial charge in [0.1, 0.15) is 12.1 Å². The Bertz CT molecular complexity index is 870. The van der Waals surface area contributed by atoms with E-state index in [1.807, 2.05) is 30.3 Å². The first-order valence-corrected chi connectivity index (χ1v) is 9.27. The molecule has 7 nitrogen and oxygen atoms in total. The molecular weight excluding hydrogens is 360 g/mol. The predicted molar refractivity (Wildman–Crippen MR) is 101 cm³/mol. The molecule has 0 bridgehead atoms. The molecule has 2 aromatic rings. The summed E-state index contributed by atoms with van der Waals surface area (Å²) >= 11 is 0. The van der Waals surface area contributed by atoms with Crippen LogP contribution in [0.1, 0.15) is 28.9 Å². The minimum absolute atomic E-state index is 0.127. The summed E-state index contributed by atoms with van der Waals surface area (Å²) in [7, 11) is 0. The zero-order chi connectivity index (χ0) is 19.5. The first-order chi connectivity index (χ1) is 13.6. The Hall–Kier alpha value is -3.06. The van der Waals surface area contributed by atoms with Crippen molar-refractivity contribution < 1.29 is 23.8 Å². The fourth-order valence-corrected chi connectivity index (χ4v) is 3.37. The molecule has 7 heteroatoms. The lowest BCUT2D eigenvalue weighted by molar-refractivity contribution is -0.140. The summed E-state index contributed by atoms with van der Waals surface area (Å²) in [5.74, 6) is 0.691. The molecule has 2 aliphatic heterocycles. The first-order valence-electron chi connectivity index (χ1n) is 9.27. The highest BCUT2D eigenvalue weighted by Crippen LogP contribution is 2.32. The van der Waals surface area contributed by atoms with E-state index in [1.54, 1.807) is 30.0 Å². The van der Waals surface area contributed by atoms with Gasteiger partial charge in [0, 0.05) is 12.1 Å². The second kappa shape index (κ2) is 7.90. The van der Waals surface area contributed by atoms with Crippen LogP contribution >= 0.6 is 0 Å². The number of hydrogen-bond acceptors (Lipinski definition) is 5. The molecule has 1 N–H and O–H groups in total. The second-order valence-corrected chi connectivity index (χ2v) is 6.82. The smallest absolute Gasteiger partial charge is 0.252 e. The number of carbonyl (C=O) groups is 2. The van der Waals surface area contributed by atoms with Crippen molar-refractivity contribution in [3.05, 3.63) is 59.7 Å². The number of benzene rings is 2.